The summed E-state index contributed by atoms with van der Waals surface area (Å²) in [5, 5.41) is 8.64. The van der Waals surface area contributed by atoms with Crippen LogP contribution in [0.4, 0.5) is 13.2 Å². The Kier molecular flexibility index (Phi) is 5.02. The summed E-state index contributed by atoms with van der Waals surface area (Å²) in [6, 6.07) is 1.25. The number of rotatable bonds is 4. The van der Waals surface area contributed by atoms with Crippen LogP contribution in [0.25, 0.3) is 0 Å². The number of carboxylic acid groups (broad SMARTS) is 1. The van der Waals surface area contributed by atoms with Crippen LogP contribution < -0.4 is 4.74 Å². The van der Waals surface area contributed by atoms with Crippen LogP contribution in [0.1, 0.15) is 11.1 Å². The highest BCUT2D eigenvalue weighted by Gasteiger charge is 2.33. The van der Waals surface area contributed by atoms with E-state index in [1.165, 1.54) is 6.07 Å². The first-order valence-corrected chi connectivity index (χ1v) is 6.06. The minimum atomic E-state index is -4.87. The monoisotopic (exact) mass is 395 g/mol. The summed E-state index contributed by atoms with van der Waals surface area (Å²) in [7, 11) is 0. The van der Waals surface area contributed by atoms with E-state index in [1.54, 1.807) is 22.6 Å². The zero-order valence-electron chi connectivity index (χ0n) is 8.59. The molecule has 1 heterocycles. The minimum absolute atomic E-state index is 0.00865. The molecule has 0 amide bonds. The van der Waals surface area contributed by atoms with Gasteiger partial charge in [0, 0.05) is 5.56 Å². The van der Waals surface area contributed by atoms with Crippen molar-refractivity contribution in [2.45, 2.75) is 18.7 Å². The molecular formula is C9H6ClF3INO3. The molecule has 0 aliphatic heterocycles. The molecule has 1 aromatic heterocycles. The van der Waals surface area contributed by atoms with Crippen LogP contribution in [0.5, 0.6) is 5.88 Å². The van der Waals surface area contributed by atoms with Gasteiger partial charge in [0.1, 0.15) is 3.70 Å². The molecule has 0 bridgehead atoms. The highest BCUT2D eigenvalue weighted by Crippen LogP contribution is 2.28. The fraction of sp³-hybridized carbons (Fsp3) is 0.333. The second-order valence-electron chi connectivity index (χ2n) is 3.15. The first-order valence-electron chi connectivity index (χ1n) is 4.44. The Bertz CT molecular complexity index is 467. The van der Waals surface area contributed by atoms with Crippen LogP contribution in [0.2, 0.25) is 0 Å². The van der Waals surface area contributed by atoms with Gasteiger partial charge in [-0.05, 0) is 34.2 Å². The number of aromatic nitrogens is 1. The van der Waals surface area contributed by atoms with Gasteiger partial charge in [-0.1, -0.05) is 0 Å². The van der Waals surface area contributed by atoms with Gasteiger partial charge in [0.15, 0.2) is 0 Å². The third kappa shape index (κ3) is 4.48. The molecule has 0 aliphatic rings. The molecular weight excluding hydrogens is 389 g/mol. The quantitative estimate of drug-likeness (QED) is 0.484. The smallest absolute Gasteiger partial charge is 0.481 e. The Labute approximate surface area is 118 Å². The molecule has 0 unspecified atom stereocenters. The van der Waals surface area contributed by atoms with Crippen LogP contribution in [0.3, 0.4) is 0 Å². The topological polar surface area (TPSA) is 59.4 Å². The van der Waals surface area contributed by atoms with Crippen molar-refractivity contribution in [2.75, 3.05) is 0 Å². The molecule has 0 fully saturated rings. The Morgan fingerprint density at radius 2 is 2.11 bits per heavy atom. The van der Waals surface area contributed by atoms with E-state index in [0.29, 0.717) is 0 Å². The number of nitrogens with zero attached hydrogens (tertiary/aromatic N) is 1. The van der Waals surface area contributed by atoms with Crippen molar-refractivity contribution in [3.8, 4) is 5.88 Å². The van der Waals surface area contributed by atoms with Gasteiger partial charge in [-0.15, -0.1) is 24.8 Å². The van der Waals surface area contributed by atoms with Crippen molar-refractivity contribution in [2.24, 2.45) is 0 Å². The lowest BCUT2D eigenvalue weighted by Gasteiger charge is -2.13. The van der Waals surface area contributed by atoms with Crippen molar-refractivity contribution < 1.29 is 27.8 Å². The summed E-state index contributed by atoms with van der Waals surface area (Å²) < 4.78 is 40.1. The number of hydrogen-bond acceptors (Lipinski definition) is 3. The number of pyridine rings is 1. The average Bonchev–Trinajstić information content (AvgIpc) is 2.19. The number of alkyl halides is 4. The third-order valence-corrected chi connectivity index (χ3v) is 3.01. The standard InChI is InChI=1S/C9H6ClF3INO3/c10-3-5-1-4(2-6(16)17)7(14)15-8(5)18-9(11,12)13/h1H,2-3H2,(H,16,17). The van der Waals surface area contributed by atoms with Crippen molar-refractivity contribution in [3.05, 3.63) is 20.9 Å². The number of carbonyl (C=O) groups is 1. The van der Waals surface area contributed by atoms with Crippen LogP contribution in [-0.2, 0) is 17.1 Å². The van der Waals surface area contributed by atoms with E-state index in [1.807, 2.05) is 0 Å². The average molecular weight is 396 g/mol. The molecule has 0 aromatic carbocycles. The molecule has 0 atom stereocenters. The summed E-state index contributed by atoms with van der Waals surface area (Å²) in [4.78, 5) is 14.1. The van der Waals surface area contributed by atoms with Crippen LogP contribution in [0.15, 0.2) is 6.07 Å². The van der Waals surface area contributed by atoms with E-state index in [4.69, 9.17) is 16.7 Å². The molecule has 0 saturated heterocycles. The van der Waals surface area contributed by atoms with E-state index in [0.717, 1.165) is 0 Å². The first-order chi connectivity index (χ1) is 8.23. The maximum Gasteiger partial charge on any atom is 0.574 e. The first kappa shape index (κ1) is 15.3. The Balaban J connectivity index is 3.14. The second-order valence-corrected chi connectivity index (χ2v) is 4.44. The normalized spacial score (nSPS) is 11.4. The van der Waals surface area contributed by atoms with Crippen molar-refractivity contribution >= 4 is 40.2 Å². The Morgan fingerprint density at radius 3 is 2.56 bits per heavy atom. The lowest BCUT2D eigenvalue weighted by molar-refractivity contribution is -0.276. The molecule has 18 heavy (non-hydrogen) atoms. The highest BCUT2D eigenvalue weighted by atomic mass is 127. The van der Waals surface area contributed by atoms with Crippen molar-refractivity contribution in [3.63, 3.8) is 0 Å². The van der Waals surface area contributed by atoms with Crippen LogP contribution >= 0.6 is 34.2 Å². The van der Waals surface area contributed by atoms with E-state index in [-0.39, 0.29) is 27.1 Å². The molecule has 0 radical (unpaired) electrons. The second kappa shape index (κ2) is 5.91. The lowest BCUT2D eigenvalue weighted by Crippen LogP contribution is -2.19. The number of carboxylic acids is 1. The van der Waals surface area contributed by atoms with E-state index >= 15 is 0 Å². The Morgan fingerprint density at radius 1 is 1.50 bits per heavy atom. The third-order valence-electron chi connectivity index (χ3n) is 1.79. The van der Waals surface area contributed by atoms with Gasteiger partial charge in [-0.2, -0.15) is 0 Å². The summed E-state index contributed by atoms with van der Waals surface area (Å²) in [6.45, 7) is 0. The van der Waals surface area contributed by atoms with Gasteiger partial charge in [-0.25, -0.2) is 4.98 Å². The van der Waals surface area contributed by atoms with E-state index < -0.39 is 18.2 Å². The molecule has 1 aromatic rings. The van der Waals surface area contributed by atoms with Gasteiger partial charge < -0.3 is 9.84 Å². The fourth-order valence-corrected chi connectivity index (χ4v) is 1.90. The zero-order chi connectivity index (χ0) is 13.9. The predicted octanol–water partition coefficient (Wildman–Crippen LogP) is 2.95. The maximum absolute atomic E-state index is 12.1. The lowest BCUT2D eigenvalue weighted by atomic mass is 10.1. The summed E-state index contributed by atoms with van der Waals surface area (Å²) in [5.74, 6) is -2.03. The molecule has 9 heteroatoms. The van der Waals surface area contributed by atoms with Gasteiger partial charge >= 0.3 is 12.3 Å². The SMILES string of the molecule is O=C(O)Cc1cc(CCl)c(OC(F)(F)F)nc1I. The molecule has 0 aliphatic carbocycles. The number of halogens is 5. The van der Waals surface area contributed by atoms with Gasteiger partial charge in [0.05, 0.1) is 12.3 Å². The highest BCUT2D eigenvalue weighted by molar-refractivity contribution is 14.1. The van der Waals surface area contributed by atoms with E-state index in [2.05, 4.69) is 9.72 Å². The van der Waals surface area contributed by atoms with E-state index in [9.17, 15) is 18.0 Å². The summed E-state index contributed by atoms with van der Waals surface area (Å²) in [5.41, 5.74) is 0.277. The largest absolute Gasteiger partial charge is 0.574 e. The van der Waals surface area contributed by atoms with Crippen LogP contribution in [0, 0.1) is 3.70 Å². The molecule has 100 valence electrons. The van der Waals surface area contributed by atoms with Gasteiger partial charge in [0.2, 0.25) is 5.88 Å². The van der Waals surface area contributed by atoms with Crippen molar-refractivity contribution in [1.82, 2.24) is 4.98 Å². The van der Waals surface area contributed by atoms with Gasteiger partial charge in [0.25, 0.3) is 0 Å². The number of hydrogen-bond donors (Lipinski definition) is 1. The Hall–Kier alpha value is -0.770. The van der Waals surface area contributed by atoms with Gasteiger partial charge in [-0.3, -0.25) is 4.79 Å². The molecule has 0 saturated carbocycles. The fourth-order valence-electron chi connectivity index (χ4n) is 1.14. The zero-order valence-corrected chi connectivity index (χ0v) is 11.5. The molecule has 1 rings (SSSR count). The maximum atomic E-state index is 12.1. The molecule has 1 N–H and O–H groups in total. The summed E-state index contributed by atoms with van der Waals surface area (Å²) >= 11 is 7.12. The number of ether oxygens (including phenoxy) is 1. The molecule has 0 spiro atoms. The number of aliphatic carboxylic acids is 1. The van der Waals surface area contributed by atoms with Crippen molar-refractivity contribution in [1.29, 1.82) is 0 Å². The predicted molar refractivity (Wildman–Crippen MR) is 64.5 cm³/mol. The summed E-state index contributed by atoms with van der Waals surface area (Å²) in [6.07, 6.45) is -5.22. The molecule has 4 nitrogen and oxygen atoms in total. The van der Waals surface area contributed by atoms with Crippen LogP contribution in [-0.4, -0.2) is 22.4 Å². The minimum Gasteiger partial charge on any atom is -0.481 e.